The van der Waals surface area contributed by atoms with Gasteiger partial charge in [0.05, 0.1) is 23.9 Å². The molecule has 5 rings (SSSR count). The number of aromatic nitrogens is 1. The van der Waals surface area contributed by atoms with Crippen molar-refractivity contribution in [2.24, 2.45) is 0 Å². The molecule has 4 aromatic rings. The number of nitrogens with zero attached hydrogens (tertiary/aromatic N) is 2. The first kappa shape index (κ1) is 31.7. The molecule has 1 N–H and O–H groups in total. The maximum absolute atomic E-state index is 13.7. The number of hydrogen-bond donors (Lipinski definition) is 1. The molecule has 0 radical (unpaired) electrons. The van der Waals surface area contributed by atoms with Crippen LogP contribution in [0.15, 0.2) is 78.4 Å². The van der Waals surface area contributed by atoms with E-state index in [1.165, 1.54) is 4.90 Å². The molecular weight excluding hydrogens is 588 g/mol. The number of aryl methyl sites for hydroxylation is 2. The van der Waals surface area contributed by atoms with Crippen LogP contribution < -0.4 is 9.64 Å². The van der Waals surface area contributed by atoms with Crippen molar-refractivity contribution < 1.29 is 29.0 Å². The van der Waals surface area contributed by atoms with E-state index < -0.39 is 23.7 Å². The SMILES string of the molecule is CCOC(=O)c1sc(N2C(=O)C(=O)C(=C(O)c3ccc(OCc4ccccc4)c(C)c3)[C@H]2c2ccc(C(C)(C)C)cc2)nc1C. The van der Waals surface area contributed by atoms with Crippen LogP contribution in [0, 0.1) is 13.8 Å². The van der Waals surface area contributed by atoms with Gasteiger partial charge in [-0.15, -0.1) is 0 Å². The number of anilines is 1. The van der Waals surface area contributed by atoms with E-state index in [1.807, 2.05) is 61.5 Å². The first-order valence-corrected chi connectivity index (χ1v) is 15.6. The largest absolute Gasteiger partial charge is 0.507 e. The second-order valence-electron chi connectivity index (χ2n) is 11.9. The van der Waals surface area contributed by atoms with E-state index in [4.69, 9.17) is 9.47 Å². The van der Waals surface area contributed by atoms with Crippen molar-refractivity contribution in [3.63, 3.8) is 0 Å². The number of rotatable bonds is 8. The standard InChI is InChI=1S/C36H36N2O6S/c1-7-43-34(42)32-22(3)37-35(45-32)38-29(24-13-16-26(17-14-24)36(4,5)6)28(31(40)33(38)41)30(39)25-15-18-27(21(2)19-25)44-20-23-11-9-8-10-12-23/h8-19,29,39H,7,20H2,1-6H3/t29-/m1/s1. The van der Waals surface area contributed by atoms with E-state index in [-0.39, 0.29) is 33.4 Å². The van der Waals surface area contributed by atoms with Gasteiger partial charge in [0, 0.05) is 5.56 Å². The van der Waals surface area contributed by atoms with Crippen LogP contribution in [0.3, 0.4) is 0 Å². The minimum absolute atomic E-state index is 0.0635. The first-order valence-electron chi connectivity index (χ1n) is 14.7. The summed E-state index contributed by atoms with van der Waals surface area (Å²) in [5, 5.41) is 11.8. The number of ketones is 1. The molecule has 1 aliphatic heterocycles. The second-order valence-corrected chi connectivity index (χ2v) is 12.9. The van der Waals surface area contributed by atoms with Crippen LogP contribution in [0.2, 0.25) is 0 Å². The zero-order valence-corrected chi connectivity index (χ0v) is 27.0. The minimum atomic E-state index is -0.978. The number of amides is 1. The lowest BCUT2D eigenvalue weighted by atomic mass is 9.85. The average Bonchev–Trinajstić information content (AvgIpc) is 3.52. The van der Waals surface area contributed by atoms with Gasteiger partial charge in [0.2, 0.25) is 0 Å². The zero-order chi connectivity index (χ0) is 32.5. The number of hydrogen-bond acceptors (Lipinski definition) is 8. The fourth-order valence-corrected chi connectivity index (χ4v) is 6.22. The number of ether oxygens (including phenoxy) is 2. The molecule has 1 amide bonds. The Morgan fingerprint density at radius 1 is 1.00 bits per heavy atom. The zero-order valence-electron chi connectivity index (χ0n) is 26.2. The predicted molar refractivity (Wildman–Crippen MR) is 175 cm³/mol. The van der Waals surface area contributed by atoms with Crippen molar-refractivity contribution in [2.75, 3.05) is 11.5 Å². The lowest BCUT2D eigenvalue weighted by molar-refractivity contribution is -0.132. The van der Waals surface area contributed by atoms with E-state index in [2.05, 4.69) is 25.8 Å². The van der Waals surface area contributed by atoms with E-state index in [9.17, 15) is 19.5 Å². The second kappa shape index (κ2) is 12.7. The number of Topliss-reactive ketones (excluding diaryl/α,β-unsaturated/α-hetero) is 1. The number of thiazole rings is 1. The fraction of sp³-hybridized carbons (Fsp3) is 0.278. The highest BCUT2D eigenvalue weighted by atomic mass is 32.1. The number of aliphatic hydroxyl groups excluding tert-OH is 1. The maximum Gasteiger partial charge on any atom is 0.350 e. The minimum Gasteiger partial charge on any atom is -0.507 e. The third kappa shape index (κ3) is 6.40. The lowest BCUT2D eigenvalue weighted by Gasteiger charge is -2.25. The van der Waals surface area contributed by atoms with E-state index in [0.29, 0.717) is 29.2 Å². The summed E-state index contributed by atoms with van der Waals surface area (Å²) < 4.78 is 11.2. The molecule has 0 spiro atoms. The van der Waals surface area contributed by atoms with Crippen LogP contribution >= 0.6 is 11.3 Å². The van der Waals surface area contributed by atoms with E-state index in [0.717, 1.165) is 28.0 Å². The summed E-state index contributed by atoms with van der Waals surface area (Å²) in [4.78, 5) is 46.0. The Morgan fingerprint density at radius 2 is 1.69 bits per heavy atom. The van der Waals surface area contributed by atoms with E-state index >= 15 is 0 Å². The number of aliphatic hydroxyl groups is 1. The van der Waals surface area contributed by atoms with Gasteiger partial charge in [-0.05, 0) is 66.6 Å². The van der Waals surface area contributed by atoms with Gasteiger partial charge in [0.25, 0.3) is 5.78 Å². The third-order valence-corrected chi connectivity index (χ3v) is 8.81. The van der Waals surface area contributed by atoms with Crippen LogP contribution in [-0.2, 0) is 26.3 Å². The summed E-state index contributed by atoms with van der Waals surface area (Å²) in [6, 6.07) is 21.6. The highest BCUT2D eigenvalue weighted by molar-refractivity contribution is 7.17. The van der Waals surface area contributed by atoms with Crippen LogP contribution in [0.25, 0.3) is 5.76 Å². The molecule has 0 bridgehead atoms. The summed E-state index contributed by atoms with van der Waals surface area (Å²) in [5.74, 6) is -1.91. The van der Waals surface area contributed by atoms with Crippen molar-refractivity contribution in [3.8, 4) is 5.75 Å². The quantitative estimate of drug-likeness (QED) is 0.0940. The van der Waals surface area contributed by atoms with Crippen LogP contribution in [0.1, 0.15) is 76.9 Å². The monoisotopic (exact) mass is 624 g/mol. The molecular formula is C36H36N2O6S. The Morgan fingerprint density at radius 3 is 2.31 bits per heavy atom. The number of esters is 1. The summed E-state index contributed by atoms with van der Waals surface area (Å²) in [5.41, 5.74) is 4.04. The summed E-state index contributed by atoms with van der Waals surface area (Å²) in [6.07, 6.45) is 0. The number of carbonyl (C=O) groups excluding carboxylic acids is 3. The molecule has 1 aromatic heterocycles. The maximum atomic E-state index is 13.7. The molecule has 1 atom stereocenters. The molecule has 0 unspecified atom stereocenters. The van der Waals surface area contributed by atoms with Crippen molar-refractivity contribution >= 4 is 39.9 Å². The molecule has 9 heteroatoms. The van der Waals surface area contributed by atoms with Gasteiger partial charge in [-0.1, -0.05) is 86.7 Å². The van der Waals surface area contributed by atoms with Gasteiger partial charge in [-0.25, -0.2) is 9.78 Å². The lowest BCUT2D eigenvalue weighted by Crippen LogP contribution is -2.29. The molecule has 0 aliphatic carbocycles. The molecule has 3 aromatic carbocycles. The van der Waals surface area contributed by atoms with Gasteiger partial charge >= 0.3 is 11.9 Å². The Labute approximate surface area is 267 Å². The molecule has 1 aliphatic rings. The van der Waals surface area contributed by atoms with Crippen molar-refractivity contribution in [3.05, 3.63) is 117 Å². The molecule has 8 nitrogen and oxygen atoms in total. The predicted octanol–water partition coefficient (Wildman–Crippen LogP) is 7.44. The summed E-state index contributed by atoms with van der Waals surface area (Å²) in [7, 11) is 0. The van der Waals surface area contributed by atoms with Crippen LogP contribution in [0.4, 0.5) is 5.13 Å². The van der Waals surface area contributed by atoms with Crippen molar-refractivity contribution in [1.82, 2.24) is 4.98 Å². The van der Waals surface area contributed by atoms with Gasteiger partial charge in [-0.2, -0.15) is 0 Å². The summed E-state index contributed by atoms with van der Waals surface area (Å²) in [6.45, 7) is 12.1. The number of carbonyl (C=O) groups is 3. The Balaban J connectivity index is 1.59. The smallest absolute Gasteiger partial charge is 0.350 e. The molecule has 1 fully saturated rings. The molecule has 232 valence electrons. The fourth-order valence-electron chi connectivity index (χ4n) is 5.23. The van der Waals surface area contributed by atoms with Crippen LogP contribution in [0.5, 0.6) is 5.75 Å². The van der Waals surface area contributed by atoms with Gasteiger partial charge in [0.1, 0.15) is 23.0 Å². The van der Waals surface area contributed by atoms with Gasteiger partial charge in [0.15, 0.2) is 5.13 Å². The highest BCUT2D eigenvalue weighted by Gasteiger charge is 2.48. The van der Waals surface area contributed by atoms with Crippen LogP contribution in [-0.4, -0.2) is 34.4 Å². The third-order valence-electron chi connectivity index (χ3n) is 7.67. The molecule has 2 heterocycles. The van der Waals surface area contributed by atoms with Gasteiger partial charge < -0.3 is 14.6 Å². The normalized spacial score (nSPS) is 16.2. The highest BCUT2D eigenvalue weighted by Crippen LogP contribution is 2.44. The number of benzene rings is 3. The van der Waals surface area contributed by atoms with E-state index in [1.54, 1.807) is 32.0 Å². The topological polar surface area (TPSA) is 106 Å². The van der Waals surface area contributed by atoms with Crippen molar-refractivity contribution in [1.29, 1.82) is 0 Å². The summed E-state index contributed by atoms with van der Waals surface area (Å²) >= 11 is 0.980. The Bertz CT molecular complexity index is 1780. The molecule has 1 saturated heterocycles. The van der Waals surface area contributed by atoms with Crippen molar-refractivity contribution in [2.45, 2.75) is 59.6 Å². The Hall–Kier alpha value is -4.76. The molecule has 45 heavy (non-hydrogen) atoms. The average molecular weight is 625 g/mol. The van der Waals surface area contributed by atoms with Gasteiger partial charge in [-0.3, -0.25) is 14.5 Å². The Kier molecular flexibility index (Phi) is 8.93. The molecule has 0 saturated carbocycles. The first-order chi connectivity index (χ1) is 21.4.